The minimum Gasteiger partial charge on any atom is -0.481 e. The summed E-state index contributed by atoms with van der Waals surface area (Å²) in [7, 11) is -2.90. The smallest absolute Gasteiger partial charge is 0.308 e. The molecule has 0 radical (unpaired) electrons. The Bertz CT molecular complexity index is 461. The number of hydrogen-bond donors (Lipinski definition) is 2. The average Bonchev–Trinajstić information content (AvgIpc) is 2.92. The normalized spacial score (nSPS) is 45.4. The molecule has 0 amide bonds. The Kier molecular flexibility index (Phi) is 2.90. The van der Waals surface area contributed by atoms with Gasteiger partial charge in [-0.3, -0.25) is 4.79 Å². The molecule has 2 aliphatic carbocycles. The summed E-state index contributed by atoms with van der Waals surface area (Å²) in [6, 6.07) is -0.0549. The molecule has 6 heteroatoms. The Morgan fingerprint density at radius 1 is 1.17 bits per heavy atom. The van der Waals surface area contributed by atoms with Gasteiger partial charge in [0, 0.05) is 12.1 Å². The van der Waals surface area contributed by atoms with Crippen LogP contribution < -0.4 is 5.32 Å². The largest absolute Gasteiger partial charge is 0.481 e. The van der Waals surface area contributed by atoms with E-state index in [4.69, 9.17) is 0 Å². The van der Waals surface area contributed by atoms with E-state index in [1.165, 1.54) is 0 Å². The van der Waals surface area contributed by atoms with Crippen LogP contribution in [-0.4, -0.2) is 43.1 Å². The van der Waals surface area contributed by atoms with Crippen LogP contribution in [0.1, 0.15) is 25.7 Å². The number of aliphatic carboxylic acids is 1. The Morgan fingerprint density at radius 2 is 1.89 bits per heavy atom. The second-order valence-electron chi connectivity index (χ2n) is 5.99. The van der Waals surface area contributed by atoms with Crippen LogP contribution in [0.5, 0.6) is 0 Å². The van der Waals surface area contributed by atoms with E-state index in [-0.39, 0.29) is 29.5 Å². The first-order chi connectivity index (χ1) is 8.46. The monoisotopic (exact) mass is 273 g/mol. The summed E-state index contributed by atoms with van der Waals surface area (Å²) in [6.07, 6.45) is 3.73. The molecular formula is C12H19NO4S. The number of sulfone groups is 1. The topological polar surface area (TPSA) is 83.5 Å². The molecule has 102 valence electrons. The molecule has 1 heterocycles. The summed E-state index contributed by atoms with van der Waals surface area (Å²) in [5.74, 6) is 0.103. The second kappa shape index (κ2) is 4.20. The Morgan fingerprint density at radius 3 is 2.50 bits per heavy atom. The Balaban J connectivity index is 1.70. The van der Waals surface area contributed by atoms with Crippen LogP contribution in [0.15, 0.2) is 0 Å². The zero-order chi connectivity index (χ0) is 12.9. The van der Waals surface area contributed by atoms with E-state index < -0.39 is 15.8 Å². The molecule has 1 aliphatic heterocycles. The molecule has 3 aliphatic rings. The molecule has 3 rings (SSSR count). The van der Waals surface area contributed by atoms with Gasteiger partial charge in [-0.2, -0.15) is 0 Å². The van der Waals surface area contributed by atoms with Gasteiger partial charge < -0.3 is 10.4 Å². The lowest BCUT2D eigenvalue weighted by Crippen LogP contribution is -2.48. The zero-order valence-electron chi connectivity index (χ0n) is 10.2. The lowest BCUT2D eigenvalue weighted by atomic mass is 9.84. The summed E-state index contributed by atoms with van der Waals surface area (Å²) >= 11 is 0. The molecule has 3 fully saturated rings. The third-order valence-electron chi connectivity index (χ3n) is 4.86. The summed E-state index contributed by atoms with van der Waals surface area (Å²) in [5.41, 5.74) is 0. The van der Waals surface area contributed by atoms with Crippen molar-refractivity contribution >= 4 is 15.8 Å². The fourth-order valence-corrected chi connectivity index (χ4v) is 5.77. The third-order valence-corrected chi connectivity index (χ3v) is 6.63. The van der Waals surface area contributed by atoms with Crippen LogP contribution >= 0.6 is 0 Å². The molecule has 2 saturated carbocycles. The molecule has 0 spiro atoms. The first kappa shape index (κ1) is 12.4. The highest BCUT2D eigenvalue weighted by molar-refractivity contribution is 7.91. The van der Waals surface area contributed by atoms with Gasteiger partial charge in [0.05, 0.1) is 17.4 Å². The Hall–Kier alpha value is -0.620. The number of carbonyl (C=O) groups is 1. The third kappa shape index (κ3) is 2.05. The molecule has 0 aromatic carbocycles. The first-order valence-electron chi connectivity index (χ1n) is 6.65. The average molecular weight is 273 g/mol. The molecule has 5 atom stereocenters. The van der Waals surface area contributed by atoms with Crippen molar-refractivity contribution in [2.24, 2.45) is 17.8 Å². The van der Waals surface area contributed by atoms with Gasteiger partial charge in [-0.15, -0.1) is 0 Å². The number of nitrogens with one attached hydrogen (secondary N) is 1. The van der Waals surface area contributed by atoms with Crippen molar-refractivity contribution in [1.82, 2.24) is 5.32 Å². The highest BCUT2D eigenvalue weighted by atomic mass is 32.2. The molecule has 18 heavy (non-hydrogen) atoms. The molecule has 2 bridgehead atoms. The van der Waals surface area contributed by atoms with E-state index in [1.807, 2.05) is 0 Å². The van der Waals surface area contributed by atoms with Gasteiger partial charge in [0.1, 0.15) is 0 Å². The van der Waals surface area contributed by atoms with E-state index in [1.54, 1.807) is 0 Å². The summed E-state index contributed by atoms with van der Waals surface area (Å²) in [5, 5.41) is 12.7. The van der Waals surface area contributed by atoms with Crippen LogP contribution in [0, 0.1) is 17.8 Å². The molecule has 5 nitrogen and oxygen atoms in total. The fourth-order valence-electron chi connectivity index (χ4n) is 4.09. The van der Waals surface area contributed by atoms with Gasteiger partial charge in [-0.05, 0) is 37.5 Å². The molecular weight excluding hydrogens is 254 g/mol. The van der Waals surface area contributed by atoms with Crippen molar-refractivity contribution < 1.29 is 18.3 Å². The van der Waals surface area contributed by atoms with Crippen molar-refractivity contribution in [2.45, 2.75) is 37.8 Å². The van der Waals surface area contributed by atoms with E-state index >= 15 is 0 Å². The standard InChI is InChI=1S/C12H19NO4S/c14-12(15)10-7-1-2-8(5-7)11(10)13-9-3-4-18(16,17)6-9/h7-11,13H,1-6H2,(H,14,15). The minimum atomic E-state index is -2.90. The van der Waals surface area contributed by atoms with Gasteiger partial charge in [0.25, 0.3) is 0 Å². The number of carboxylic acid groups (broad SMARTS) is 1. The summed E-state index contributed by atoms with van der Waals surface area (Å²) in [6.45, 7) is 0. The number of hydrogen-bond acceptors (Lipinski definition) is 4. The van der Waals surface area contributed by atoms with Crippen molar-refractivity contribution in [3.63, 3.8) is 0 Å². The second-order valence-corrected chi connectivity index (χ2v) is 8.22. The number of carboxylic acids is 1. The molecule has 0 aromatic heterocycles. The summed E-state index contributed by atoms with van der Waals surface area (Å²) in [4.78, 5) is 11.3. The lowest BCUT2D eigenvalue weighted by molar-refractivity contribution is -0.144. The van der Waals surface area contributed by atoms with Gasteiger partial charge in [-0.1, -0.05) is 0 Å². The van der Waals surface area contributed by atoms with Crippen LogP contribution in [0.3, 0.4) is 0 Å². The predicted molar refractivity (Wildman–Crippen MR) is 65.9 cm³/mol. The van der Waals surface area contributed by atoms with Crippen LogP contribution in [0.2, 0.25) is 0 Å². The number of fused-ring (bicyclic) bond motifs is 2. The van der Waals surface area contributed by atoms with Gasteiger partial charge in [-0.25, -0.2) is 8.42 Å². The summed E-state index contributed by atoms with van der Waals surface area (Å²) < 4.78 is 22.9. The lowest BCUT2D eigenvalue weighted by Gasteiger charge is -2.31. The zero-order valence-corrected chi connectivity index (χ0v) is 11.0. The molecule has 2 N–H and O–H groups in total. The van der Waals surface area contributed by atoms with E-state index in [0.717, 1.165) is 19.3 Å². The van der Waals surface area contributed by atoms with Crippen LogP contribution in [-0.2, 0) is 14.6 Å². The Labute approximate surface area is 107 Å². The van der Waals surface area contributed by atoms with Crippen molar-refractivity contribution in [3.8, 4) is 0 Å². The highest BCUT2D eigenvalue weighted by Crippen LogP contribution is 2.48. The predicted octanol–water partition coefficient (Wildman–Crippen LogP) is 0.262. The SMILES string of the molecule is O=C(O)C1C2CCC(C2)C1NC1CCS(=O)(=O)C1. The van der Waals surface area contributed by atoms with E-state index in [0.29, 0.717) is 18.3 Å². The van der Waals surface area contributed by atoms with E-state index in [9.17, 15) is 18.3 Å². The fraction of sp³-hybridized carbons (Fsp3) is 0.917. The van der Waals surface area contributed by atoms with Crippen LogP contribution in [0.4, 0.5) is 0 Å². The van der Waals surface area contributed by atoms with Gasteiger partial charge >= 0.3 is 5.97 Å². The van der Waals surface area contributed by atoms with Crippen molar-refractivity contribution in [1.29, 1.82) is 0 Å². The maximum absolute atomic E-state index is 11.4. The maximum atomic E-state index is 11.4. The number of rotatable bonds is 3. The molecule has 1 saturated heterocycles. The quantitative estimate of drug-likeness (QED) is 0.771. The van der Waals surface area contributed by atoms with Crippen molar-refractivity contribution in [3.05, 3.63) is 0 Å². The van der Waals surface area contributed by atoms with E-state index in [2.05, 4.69) is 5.32 Å². The van der Waals surface area contributed by atoms with Crippen LogP contribution in [0.25, 0.3) is 0 Å². The van der Waals surface area contributed by atoms with Gasteiger partial charge in [0.15, 0.2) is 9.84 Å². The highest BCUT2D eigenvalue weighted by Gasteiger charge is 2.51. The first-order valence-corrected chi connectivity index (χ1v) is 8.48. The molecule has 5 unspecified atom stereocenters. The van der Waals surface area contributed by atoms with Crippen molar-refractivity contribution in [2.75, 3.05) is 11.5 Å². The maximum Gasteiger partial charge on any atom is 0.308 e. The van der Waals surface area contributed by atoms with Gasteiger partial charge in [0.2, 0.25) is 0 Å². The molecule has 0 aromatic rings. The minimum absolute atomic E-state index is 0.0143.